The SMILES string of the molecule is O=C(NCCc1nnc(SC[C@H]2CCCO2)n1-c1ccccc1F)c1cccs1. The van der Waals surface area contributed by atoms with Gasteiger partial charge in [0.1, 0.15) is 11.6 Å². The Morgan fingerprint density at radius 2 is 2.21 bits per heavy atom. The zero-order valence-electron chi connectivity index (χ0n) is 15.7. The Balaban J connectivity index is 1.49. The van der Waals surface area contributed by atoms with Crippen molar-refractivity contribution in [3.63, 3.8) is 0 Å². The van der Waals surface area contributed by atoms with Gasteiger partial charge in [-0.15, -0.1) is 21.5 Å². The number of carbonyl (C=O) groups is 1. The summed E-state index contributed by atoms with van der Waals surface area (Å²) in [5, 5.41) is 13.9. The van der Waals surface area contributed by atoms with Gasteiger partial charge in [-0.25, -0.2) is 4.39 Å². The fraction of sp³-hybridized carbons (Fsp3) is 0.350. The van der Waals surface area contributed by atoms with E-state index < -0.39 is 0 Å². The van der Waals surface area contributed by atoms with E-state index in [0.29, 0.717) is 34.5 Å². The van der Waals surface area contributed by atoms with Gasteiger partial charge in [0.25, 0.3) is 5.91 Å². The van der Waals surface area contributed by atoms with Gasteiger partial charge in [0.05, 0.1) is 16.7 Å². The Labute approximate surface area is 176 Å². The predicted octanol–water partition coefficient (Wildman–Crippen LogP) is 3.71. The number of benzene rings is 1. The van der Waals surface area contributed by atoms with Crippen molar-refractivity contribution in [1.29, 1.82) is 0 Å². The Morgan fingerprint density at radius 3 is 2.97 bits per heavy atom. The molecular formula is C20H21FN4O2S2. The number of aromatic nitrogens is 3. The van der Waals surface area contributed by atoms with Crippen LogP contribution in [-0.2, 0) is 11.2 Å². The summed E-state index contributed by atoms with van der Waals surface area (Å²) >= 11 is 2.91. The second-order valence-corrected chi connectivity index (χ2v) is 8.55. The maximum atomic E-state index is 14.5. The lowest BCUT2D eigenvalue weighted by Gasteiger charge is -2.13. The Kier molecular flexibility index (Phi) is 6.58. The number of carbonyl (C=O) groups excluding carboxylic acids is 1. The first-order valence-electron chi connectivity index (χ1n) is 9.47. The summed E-state index contributed by atoms with van der Waals surface area (Å²) in [6.45, 7) is 1.18. The van der Waals surface area contributed by atoms with Crippen LogP contribution in [0.1, 0.15) is 28.3 Å². The average Bonchev–Trinajstić information content (AvgIpc) is 3.49. The summed E-state index contributed by atoms with van der Waals surface area (Å²) in [6.07, 6.45) is 2.74. The van der Waals surface area contributed by atoms with Crippen molar-refractivity contribution in [3.05, 3.63) is 58.3 Å². The second-order valence-electron chi connectivity index (χ2n) is 6.61. The molecule has 0 saturated carbocycles. The summed E-state index contributed by atoms with van der Waals surface area (Å²) < 4.78 is 21.9. The normalized spacial score (nSPS) is 16.2. The van der Waals surface area contributed by atoms with Crippen LogP contribution >= 0.6 is 23.1 Å². The number of amides is 1. The third-order valence-corrected chi connectivity index (χ3v) is 6.52. The quantitative estimate of drug-likeness (QED) is 0.550. The van der Waals surface area contributed by atoms with Crippen LogP contribution in [-0.4, -0.2) is 45.7 Å². The van der Waals surface area contributed by atoms with E-state index in [2.05, 4.69) is 15.5 Å². The Morgan fingerprint density at radius 1 is 1.31 bits per heavy atom. The Bertz CT molecular complexity index is 955. The van der Waals surface area contributed by atoms with Crippen LogP contribution in [0.2, 0.25) is 0 Å². The van der Waals surface area contributed by atoms with Crippen molar-refractivity contribution in [3.8, 4) is 5.69 Å². The van der Waals surface area contributed by atoms with E-state index in [4.69, 9.17) is 4.74 Å². The van der Waals surface area contributed by atoms with Crippen LogP contribution in [0.5, 0.6) is 0 Å². The van der Waals surface area contributed by atoms with E-state index >= 15 is 0 Å². The van der Waals surface area contributed by atoms with Gasteiger partial charge in [0, 0.05) is 25.3 Å². The number of rotatable bonds is 8. The van der Waals surface area contributed by atoms with Crippen LogP contribution < -0.4 is 5.32 Å². The van der Waals surface area contributed by atoms with Gasteiger partial charge in [-0.2, -0.15) is 0 Å². The van der Waals surface area contributed by atoms with E-state index in [-0.39, 0.29) is 17.8 Å². The highest BCUT2D eigenvalue weighted by Crippen LogP contribution is 2.27. The number of hydrogen-bond donors (Lipinski definition) is 1. The van der Waals surface area contributed by atoms with Gasteiger partial charge in [-0.05, 0) is 36.4 Å². The van der Waals surface area contributed by atoms with E-state index in [0.717, 1.165) is 25.2 Å². The summed E-state index contributed by atoms with van der Waals surface area (Å²) in [4.78, 5) is 12.8. The maximum absolute atomic E-state index is 14.5. The van der Waals surface area contributed by atoms with E-state index in [9.17, 15) is 9.18 Å². The molecule has 2 aromatic heterocycles. The molecule has 1 fully saturated rings. The van der Waals surface area contributed by atoms with Crippen LogP contribution in [0.15, 0.2) is 46.9 Å². The van der Waals surface area contributed by atoms with E-state index in [1.165, 1.54) is 29.2 Å². The van der Waals surface area contributed by atoms with Crippen LogP contribution in [0.3, 0.4) is 0 Å². The molecule has 1 saturated heterocycles. The highest BCUT2D eigenvalue weighted by molar-refractivity contribution is 7.99. The lowest BCUT2D eigenvalue weighted by molar-refractivity contribution is 0.0958. The smallest absolute Gasteiger partial charge is 0.261 e. The monoisotopic (exact) mass is 432 g/mol. The van der Waals surface area contributed by atoms with Crippen LogP contribution in [0.4, 0.5) is 4.39 Å². The fourth-order valence-electron chi connectivity index (χ4n) is 3.16. The first-order chi connectivity index (χ1) is 14.2. The first-order valence-corrected chi connectivity index (χ1v) is 11.3. The number of halogens is 1. The van der Waals surface area contributed by atoms with E-state index in [1.54, 1.807) is 28.8 Å². The molecular weight excluding hydrogens is 411 g/mol. The number of thiophene rings is 1. The van der Waals surface area contributed by atoms with Crippen molar-refractivity contribution in [2.45, 2.75) is 30.5 Å². The molecule has 0 bridgehead atoms. The lowest BCUT2D eigenvalue weighted by atomic mass is 10.3. The molecule has 3 heterocycles. The maximum Gasteiger partial charge on any atom is 0.261 e. The van der Waals surface area contributed by atoms with Gasteiger partial charge >= 0.3 is 0 Å². The molecule has 9 heteroatoms. The molecule has 1 aromatic carbocycles. The predicted molar refractivity (Wildman–Crippen MR) is 111 cm³/mol. The molecule has 1 atom stereocenters. The molecule has 1 aliphatic rings. The molecule has 0 radical (unpaired) electrons. The van der Waals surface area contributed by atoms with Gasteiger partial charge < -0.3 is 10.1 Å². The van der Waals surface area contributed by atoms with Gasteiger partial charge in [0.15, 0.2) is 5.16 Å². The van der Waals surface area contributed by atoms with Crippen molar-refractivity contribution >= 4 is 29.0 Å². The fourth-order valence-corrected chi connectivity index (χ4v) is 4.83. The minimum absolute atomic E-state index is 0.120. The highest BCUT2D eigenvalue weighted by Gasteiger charge is 2.21. The standard InChI is InChI=1S/C20H21FN4O2S2/c21-15-6-1-2-7-16(15)25-18(9-10-22-19(26)17-8-4-12-28-17)23-24-20(25)29-13-14-5-3-11-27-14/h1-2,4,6-8,12,14H,3,5,9-11,13H2,(H,22,26)/t14-/m1/s1. The molecule has 0 aliphatic carbocycles. The number of ether oxygens (including phenoxy) is 1. The number of thioether (sulfide) groups is 1. The van der Waals surface area contributed by atoms with Gasteiger partial charge in [-0.3, -0.25) is 9.36 Å². The zero-order chi connectivity index (χ0) is 20.1. The van der Waals surface area contributed by atoms with Crippen LogP contribution in [0.25, 0.3) is 5.69 Å². The molecule has 3 aromatic rings. The summed E-state index contributed by atoms with van der Waals surface area (Å²) in [5.74, 6) is 0.901. The third-order valence-electron chi connectivity index (χ3n) is 4.60. The molecule has 1 aliphatic heterocycles. The minimum atomic E-state index is -0.338. The molecule has 4 rings (SSSR count). The molecule has 29 heavy (non-hydrogen) atoms. The number of para-hydroxylation sites is 1. The molecule has 1 amide bonds. The Hall–Kier alpha value is -2.23. The zero-order valence-corrected chi connectivity index (χ0v) is 17.3. The molecule has 1 N–H and O–H groups in total. The topological polar surface area (TPSA) is 69.0 Å². The summed E-state index contributed by atoms with van der Waals surface area (Å²) in [5.41, 5.74) is 0.409. The number of nitrogens with zero attached hydrogens (tertiary/aromatic N) is 3. The first kappa shape index (κ1) is 20.1. The summed E-state index contributed by atoms with van der Waals surface area (Å²) in [6, 6.07) is 10.2. The second kappa shape index (κ2) is 9.51. The van der Waals surface area contributed by atoms with Crippen LogP contribution in [0, 0.1) is 5.82 Å². The minimum Gasteiger partial charge on any atom is -0.377 e. The van der Waals surface area contributed by atoms with Crippen molar-refractivity contribution in [2.24, 2.45) is 0 Å². The van der Waals surface area contributed by atoms with E-state index in [1.807, 2.05) is 11.4 Å². The summed E-state index contributed by atoms with van der Waals surface area (Å²) in [7, 11) is 0. The van der Waals surface area contributed by atoms with Gasteiger partial charge in [-0.1, -0.05) is 30.0 Å². The third kappa shape index (κ3) is 4.85. The highest BCUT2D eigenvalue weighted by atomic mass is 32.2. The largest absolute Gasteiger partial charge is 0.377 e. The number of nitrogens with one attached hydrogen (secondary N) is 1. The molecule has 0 unspecified atom stereocenters. The molecule has 0 spiro atoms. The van der Waals surface area contributed by atoms with Crippen molar-refractivity contribution in [1.82, 2.24) is 20.1 Å². The molecule has 152 valence electrons. The number of hydrogen-bond acceptors (Lipinski definition) is 6. The van der Waals surface area contributed by atoms with Gasteiger partial charge in [0.2, 0.25) is 0 Å². The lowest BCUT2D eigenvalue weighted by Crippen LogP contribution is -2.25. The van der Waals surface area contributed by atoms with Crippen molar-refractivity contribution in [2.75, 3.05) is 18.9 Å². The van der Waals surface area contributed by atoms with Crippen molar-refractivity contribution < 1.29 is 13.9 Å². The molecule has 6 nitrogen and oxygen atoms in total. The average molecular weight is 433 g/mol.